The van der Waals surface area contributed by atoms with Crippen LogP contribution in [0.25, 0.3) is 0 Å². The molecular formula is C4H4F3O2. The van der Waals surface area contributed by atoms with E-state index in [1.165, 1.54) is 0 Å². The molecule has 0 bridgehead atoms. The molecule has 0 aliphatic heterocycles. The first kappa shape index (κ1) is 8.26. The van der Waals surface area contributed by atoms with Crippen molar-refractivity contribution in [3.05, 3.63) is 0 Å². The van der Waals surface area contributed by atoms with Gasteiger partial charge in [0.2, 0.25) is 0 Å². The number of ether oxygens (including phenoxy) is 1. The lowest BCUT2D eigenvalue weighted by Crippen LogP contribution is -2.27. The Morgan fingerprint density at radius 3 is 2.11 bits per heavy atom. The third kappa shape index (κ3) is 2.94. The van der Waals surface area contributed by atoms with Crippen molar-refractivity contribution in [2.24, 2.45) is 0 Å². The van der Waals surface area contributed by atoms with Gasteiger partial charge in [0.15, 0.2) is 6.10 Å². The summed E-state index contributed by atoms with van der Waals surface area (Å²) in [5.74, 6) is 0. The van der Waals surface area contributed by atoms with Crippen LogP contribution in [0.3, 0.4) is 0 Å². The van der Waals surface area contributed by atoms with Crippen LogP contribution in [-0.2, 0) is 9.53 Å². The minimum atomic E-state index is -4.47. The summed E-state index contributed by atoms with van der Waals surface area (Å²) in [4.78, 5) is 9.21. The highest BCUT2D eigenvalue weighted by atomic mass is 19.4. The summed E-state index contributed by atoms with van der Waals surface area (Å²) < 4.78 is 37.5. The van der Waals surface area contributed by atoms with Crippen LogP contribution in [0.1, 0.15) is 6.92 Å². The van der Waals surface area contributed by atoms with E-state index >= 15 is 0 Å². The molecule has 5 heteroatoms. The number of carbonyl (C=O) groups excluding carboxylic acids is 1. The zero-order valence-electron chi connectivity index (χ0n) is 4.53. The largest absolute Gasteiger partial charge is 0.445 e. The van der Waals surface area contributed by atoms with Crippen LogP contribution in [0.4, 0.5) is 13.2 Å². The fourth-order valence-electron chi connectivity index (χ4n) is 0.139. The van der Waals surface area contributed by atoms with Crippen molar-refractivity contribution in [1.82, 2.24) is 0 Å². The van der Waals surface area contributed by atoms with Gasteiger partial charge in [0.25, 0.3) is 0 Å². The van der Waals surface area contributed by atoms with Crippen molar-refractivity contribution in [1.29, 1.82) is 0 Å². The van der Waals surface area contributed by atoms with Crippen LogP contribution in [-0.4, -0.2) is 18.8 Å². The Morgan fingerprint density at radius 1 is 1.56 bits per heavy atom. The lowest BCUT2D eigenvalue weighted by Gasteiger charge is -2.11. The maximum atomic E-state index is 11.3. The number of alkyl halides is 3. The number of halogens is 3. The van der Waals surface area contributed by atoms with Crippen LogP contribution in [0.5, 0.6) is 0 Å². The van der Waals surface area contributed by atoms with E-state index in [0.717, 1.165) is 6.92 Å². The van der Waals surface area contributed by atoms with Gasteiger partial charge >= 0.3 is 12.6 Å². The monoisotopic (exact) mass is 141 g/mol. The Bertz CT molecular complexity index is 98.5. The van der Waals surface area contributed by atoms with Crippen molar-refractivity contribution in [2.75, 3.05) is 0 Å². The van der Waals surface area contributed by atoms with E-state index in [1.54, 1.807) is 0 Å². The Hall–Kier alpha value is -0.740. The number of hydrogen-bond donors (Lipinski definition) is 0. The predicted molar refractivity (Wildman–Crippen MR) is 22.3 cm³/mol. The van der Waals surface area contributed by atoms with Gasteiger partial charge in [0.1, 0.15) is 0 Å². The molecule has 0 aromatic heterocycles. The van der Waals surface area contributed by atoms with E-state index in [-0.39, 0.29) is 0 Å². The van der Waals surface area contributed by atoms with Crippen LogP contribution in [0.15, 0.2) is 0 Å². The summed E-state index contributed by atoms with van der Waals surface area (Å²) in [6.45, 7) is 1.43. The Labute approximate surface area is 49.6 Å². The molecular weight excluding hydrogens is 137 g/mol. The van der Waals surface area contributed by atoms with Crippen LogP contribution < -0.4 is 0 Å². The molecule has 0 spiro atoms. The summed E-state index contributed by atoms with van der Waals surface area (Å²) in [6, 6.07) is 0. The molecule has 1 atom stereocenters. The van der Waals surface area contributed by atoms with Gasteiger partial charge in [-0.05, 0) is 6.92 Å². The number of rotatable bonds is 2. The Morgan fingerprint density at radius 2 is 2.00 bits per heavy atom. The second-order valence-corrected chi connectivity index (χ2v) is 1.39. The predicted octanol–water partition coefficient (Wildman–Crippen LogP) is 1.02. The molecule has 0 aliphatic carbocycles. The second kappa shape index (κ2) is 2.70. The maximum absolute atomic E-state index is 11.3. The Kier molecular flexibility index (Phi) is 2.48. The summed E-state index contributed by atoms with van der Waals surface area (Å²) in [6.07, 6.45) is -6.53. The molecule has 0 saturated carbocycles. The molecule has 53 valence electrons. The number of hydrogen-bond acceptors (Lipinski definition) is 2. The molecule has 0 fully saturated rings. The van der Waals surface area contributed by atoms with Gasteiger partial charge in [-0.25, -0.2) is 4.79 Å². The smallest absolute Gasteiger partial charge is 0.425 e. The quantitative estimate of drug-likeness (QED) is 0.573. The molecule has 0 unspecified atom stereocenters. The van der Waals surface area contributed by atoms with E-state index in [0.29, 0.717) is 6.47 Å². The SMILES string of the molecule is C[C@@H](O[C]=O)C(F)(F)F. The summed E-state index contributed by atoms with van der Waals surface area (Å²) in [5, 5.41) is 0. The molecule has 0 aliphatic rings. The van der Waals surface area contributed by atoms with Gasteiger partial charge in [-0.3, -0.25) is 0 Å². The summed E-state index contributed by atoms with van der Waals surface area (Å²) in [5.41, 5.74) is 0. The van der Waals surface area contributed by atoms with Gasteiger partial charge in [-0.2, -0.15) is 13.2 Å². The summed E-state index contributed by atoms with van der Waals surface area (Å²) >= 11 is 0. The highest BCUT2D eigenvalue weighted by Gasteiger charge is 2.37. The van der Waals surface area contributed by atoms with Crippen molar-refractivity contribution in [3.8, 4) is 0 Å². The van der Waals surface area contributed by atoms with Crippen LogP contribution >= 0.6 is 0 Å². The van der Waals surface area contributed by atoms with Crippen LogP contribution in [0, 0.1) is 0 Å². The highest BCUT2D eigenvalue weighted by molar-refractivity contribution is 5.38. The first-order valence-corrected chi connectivity index (χ1v) is 2.08. The molecule has 1 radical (unpaired) electrons. The lowest BCUT2D eigenvalue weighted by atomic mass is 10.4. The zero-order valence-corrected chi connectivity index (χ0v) is 4.53. The summed E-state index contributed by atoms with van der Waals surface area (Å²) in [7, 11) is 0. The van der Waals surface area contributed by atoms with E-state index < -0.39 is 12.3 Å². The van der Waals surface area contributed by atoms with Gasteiger partial charge in [-0.15, -0.1) is 0 Å². The molecule has 0 rings (SSSR count). The molecule has 0 amide bonds. The lowest BCUT2D eigenvalue weighted by molar-refractivity contribution is -0.192. The molecule has 9 heavy (non-hydrogen) atoms. The molecule has 0 N–H and O–H groups in total. The Balaban J connectivity index is 3.72. The van der Waals surface area contributed by atoms with Crippen molar-refractivity contribution >= 4 is 6.47 Å². The first-order valence-electron chi connectivity index (χ1n) is 2.08. The van der Waals surface area contributed by atoms with Crippen molar-refractivity contribution in [2.45, 2.75) is 19.2 Å². The maximum Gasteiger partial charge on any atom is 0.425 e. The van der Waals surface area contributed by atoms with Gasteiger partial charge in [0.05, 0.1) is 0 Å². The minimum Gasteiger partial charge on any atom is -0.445 e. The molecule has 0 heterocycles. The molecule has 0 saturated heterocycles. The molecule has 0 aromatic carbocycles. The third-order valence-corrected chi connectivity index (χ3v) is 0.686. The van der Waals surface area contributed by atoms with Crippen molar-refractivity contribution < 1.29 is 22.7 Å². The first-order chi connectivity index (χ1) is 3.98. The second-order valence-electron chi connectivity index (χ2n) is 1.39. The van der Waals surface area contributed by atoms with Gasteiger partial charge in [-0.1, -0.05) is 0 Å². The fourth-order valence-corrected chi connectivity index (χ4v) is 0.139. The van der Waals surface area contributed by atoms with Crippen LogP contribution in [0.2, 0.25) is 0 Å². The average molecular weight is 141 g/mol. The zero-order chi connectivity index (χ0) is 7.49. The topological polar surface area (TPSA) is 26.3 Å². The normalized spacial score (nSPS) is 14.7. The van der Waals surface area contributed by atoms with E-state index in [2.05, 4.69) is 4.74 Å². The minimum absolute atomic E-state index is 0.704. The van der Waals surface area contributed by atoms with Gasteiger partial charge < -0.3 is 4.74 Å². The standard InChI is InChI=1S/C4H4F3O2/c1-3(9-2-8)4(5,6)7/h3H,1H3/t3-/m1/s1. The van der Waals surface area contributed by atoms with E-state index in [1.807, 2.05) is 0 Å². The van der Waals surface area contributed by atoms with Gasteiger partial charge in [0, 0.05) is 0 Å². The van der Waals surface area contributed by atoms with E-state index in [4.69, 9.17) is 0 Å². The highest BCUT2D eigenvalue weighted by Crippen LogP contribution is 2.21. The van der Waals surface area contributed by atoms with Crippen molar-refractivity contribution in [3.63, 3.8) is 0 Å². The van der Waals surface area contributed by atoms with E-state index in [9.17, 15) is 18.0 Å². The fraction of sp³-hybridized carbons (Fsp3) is 0.750. The average Bonchev–Trinajstić information content (AvgIpc) is 1.64. The third-order valence-electron chi connectivity index (χ3n) is 0.686. The molecule has 2 nitrogen and oxygen atoms in total. The molecule has 0 aromatic rings.